The summed E-state index contributed by atoms with van der Waals surface area (Å²) in [6, 6.07) is 0. The van der Waals surface area contributed by atoms with Gasteiger partial charge in [-0.05, 0) is 44.7 Å². The van der Waals surface area contributed by atoms with Crippen LogP contribution in [-0.4, -0.2) is 48.8 Å². The lowest BCUT2D eigenvalue weighted by molar-refractivity contribution is -0.144. The molecule has 186 valence electrons. The summed E-state index contributed by atoms with van der Waals surface area (Å²) in [5.74, 6) is 0.703. The number of ether oxygens (including phenoxy) is 1. The Morgan fingerprint density at radius 2 is 1.26 bits per heavy atom. The number of carbonyl (C=O) groups is 1. The van der Waals surface area contributed by atoms with Gasteiger partial charge in [-0.15, -0.1) is 0 Å². The minimum absolute atomic E-state index is 0.0141. The lowest BCUT2D eigenvalue weighted by atomic mass is 9.95. The molecular formula is C27H55NO3. The summed E-state index contributed by atoms with van der Waals surface area (Å²) in [6.45, 7) is 10.6. The van der Waals surface area contributed by atoms with Crippen molar-refractivity contribution >= 4 is 5.97 Å². The molecule has 1 N–H and O–H groups in total. The van der Waals surface area contributed by atoms with Crippen LogP contribution in [0.15, 0.2) is 0 Å². The number of hydrogen-bond donors (Lipinski definition) is 1. The van der Waals surface area contributed by atoms with Crippen LogP contribution in [0.3, 0.4) is 0 Å². The fraction of sp³-hybridized carbons (Fsp3) is 0.963. The molecule has 31 heavy (non-hydrogen) atoms. The van der Waals surface area contributed by atoms with Crippen molar-refractivity contribution in [3.05, 3.63) is 0 Å². The van der Waals surface area contributed by atoms with Crippen molar-refractivity contribution in [1.29, 1.82) is 0 Å². The lowest BCUT2D eigenvalue weighted by Crippen LogP contribution is -2.29. The van der Waals surface area contributed by atoms with Gasteiger partial charge in [0.15, 0.2) is 0 Å². The molecule has 0 aromatic rings. The second kappa shape index (κ2) is 24.0. The maximum absolute atomic E-state index is 11.9. The Morgan fingerprint density at radius 1 is 0.710 bits per heavy atom. The minimum atomic E-state index is -0.0141. The lowest BCUT2D eigenvalue weighted by Gasteiger charge is -2.21. The quantitative estimate of drug-likeness (QED) is 0.128. The first-order valence-corrected chi connectivity index (χ1v) is 13.7. The Morgan fingerprint density at radius 3 is 1.81 bits per heavy atom. The highest BCUT2D eigenvalue weighted by Crippen LogP contribution is 2.17. The molecule has 0 unspecified atom stereocenters. The third kappa shape index (κ3) is 21.0. The second-order valence-electron chi connectivity index (χ2n) is 9.30. The van der Waals surface area contributed by atoms with Gasteiger partial charge < -0.3 is 14.7 Å². The fourth-order valence-electron chi connectivity index (χ4n) is 4.39. The van der Waals surface area contributed by atoms with Gasteiger partial charge in [-0.3, -0.25) is 4.79 Å². The minimum Gasteiger partial charge on any atom is -0.466 e. The zero-order valence-electron chi connectivity index (χ0n) is 21.3. The molecule has 4 heteroatoms. The van der Waals surface area contributed by atoms with Crippen LogP contribution >= 0.6 is 0 Å². The Bertz CT molecular complexity index is 369. The molecule has 0 rings (SSSR count). The smallest absolute Gasteiger partial charge is 0.305 e. The molecule has 0 aliphatic carbocycles. The Balaban J connectivity index is 3.64. The predicted octanol–water partition coefficient (Wildman–Crippen LogP) is 7.13. The van der Waals surface area contributed by atoms with Gasteiger partial charge in [-0.25, -0.2) is 0 Å². The van der Waals surface area contributed by atoms with Crippen LogP contribution in [0.4, 0.5) is 0 Å². The van der Waals surface area contributed by atoms with Crippen molar-refractivity contribution in [3.63, 3.8) is 0 Å². The number of aliphatic hydroxyl groups is 1. The van der Waals surface area contributed by atoms with Crippen LogP contribution in [0.2, 0.25) is 0 Å². The van der Waals surface area contributed by atoms with Gasteiger partial charge in [0.1, 0.15) is 0 Å². The number of carbonyl (C=O) groups excluding carboxylic acids is 1. The topological polar surface area (TPSA) is 49.8 Å². The van der Waals surface area contributed by atoms with E-state index in [0.29, 0.717) is 18.9 Å². The number of rotatable bonds is 24. The van der Waals surface area contributed by atoms with E-state index < -0.39 is 0 Å². The third-order valence-electron chi connectivity index (χ3n) is 6.28. The van der Waals surface area contributed by atoms with E-state index >= 15 is 0 Å². The van der Waals surface area contributed by atoms with E-state index in [9.17, 15) is 9.90 Å². The first-order valence-electron chi connectivity index (χ1n) is 13.7. The van der Waals surface area contributed by atoms with Crippen molar-refractivity contribution in [3.8, 4) is 0 Å². The van der Waals surface area contributed by atoms with Gasteiger partial charge in [0.05, 0.1) is 13.2 Å². The highest BCUT2D eigenvalue weighted by Gasteiger charge is 2.09. The van der Waals surface area contributed by atoms with Gasteiger partial charge in [-0.1, -0.05) is 97.8 Å². The molecule has 0 bridgehead atoms. The maximum Gasteiger partial charge on any atom is 0.305 e. The SMILES string of the molecule is CCCCCCCCN(CCO)CCCCCCCC(=O)OCCC(CCC)CCC. The van der Waals surface area contributed by atoms with E-state index in [-0.39, 0.29) is 12.6 Å². The number of esters is 1. The standard InChI is InChI=1S/C27H55NO3/c1-4-7-8-9-12-15-21-28(23-24-29)22-16-13-10-11-14-19-27(30)31-25-20-26(17-5-2)18-6-3/h26,29H,4-25H2,1-3H3. The third-order valence-corrected chi connectivity index (χ3v) is 6.28. The average Bonchev–Trinajstić information content (AvgIpc) is 2.75. The van der Waals surface area contributed by atoms with Crippen molar-refractivity contribution in [2.75, 3.05) is 32.8 Å². The second-order valence-corrected chi connectivity index (χ2v) is 9.30. The van der Waals surface area contributed by atoms with E-state index in [2.05, 4.69) is 25.7 Å². The summed E-state index contributed by atoms with van der Waals surface area (Å²) in [6.07, 6.45) is 20.1. The first kappa shape index (κ1) is 30.4. The Hall–Kier alpha value is -0.610. The molecule has 0 saturated heterocycles. The van der Waals surface area contributed by atoms with E-state index in [4.69, 9.17) is 4.74 Å². The van der Waals surface area contributed by atoms with Crippen LogP contribution in [0.25, 0.3) is 0 Å². The summed E-state index contributed by atoms with van der Waals surface area (Å²) in [5, 5.41) is 9.29. The number of aliphatic hydroxyl groups excluding tert-OH is 1. The van der Waals surface area contributed by atoms with Crippen LogP contribution in [-0.2, 0) is 9.53 Å². The average molecular weight is 442 g/mol. The van der Waals surface area contributed by atoms with E-state index in [1.165, 1.54) is 83.5 Å². The zero-order chi connectivity index (χ0) is 23.0. The molecule has 0 aromatic heterocycles. The molecule has 0 heterocycles. The fourth-order valence-corrected chi connectivity index (χ4v) is 4.39. The molecule has 0 atom stereocenters. The molecule has 0 saturated carbocycles. The van der Waals surface area contributed by atoms with E-state index in [1.54, 1.807) is 0 Å². The summed E-state index contributed by atoms with van der Waals surface area (Å²) in [4.78, 5) is 14.3. The van der Waals surface area contributed by atoms with Gasteiger partial charge in [-0.2, -0.15) is 0 Å². The molecular weight excluding hydrogens is 386 g/mol. The summed E-state index contributed by atoms with van der Waals surface area (Å²) >= 11 is 0. The van der Waals surface area contributed by atoms with Gasteiger partial charge >= 0.3 is 5.97 Å². The molecule has 4 nitrogen and oxygen atoms in total. The molecule has 0 aliphatic rings. The maximum atomic E-state index is 11.9. The largest absolute Gasteiger partial charge is 0.466 e. The molecule has 0 radical (unpaired) electrons. The van der Waals surface area contributed by atoms with Crippen molar-refractivity contribution in [2.45, 2.75) is 130 Å². The number of hydrogen-bond acceptors (Lipinski definition) is 4. The summed E-state index contributed by atoms with van der Waals surface area (Å²) in [5.41, 5.74) is 0. The van der Waals surface area contributed by atoms with Gasteiger partial charge in [0.25, 0.3) is 0 Å². The van der Waals surface area contributed by atoms with Gasteiger partial charge in [0, 0.05) is 13.0 Å². The Labute approximate surface area is 194 Å². The Kier molecular flexibility index (Phi) is 23.6. The number of unbranched alkanes of at least 4 members (excludes halogenated alkanes) is 9. The predicted molar refractivity (Wildman–Crippen MR) is 133 cm³/mol. The molecule has 0 amide bonds. The summed E-state index contributed by atoms with van der Waals surface area (Å²) < 4.78 is 5.45. The first-order chi connectivity index (χ1) is 15.2. The van der Waals surface area contributed by atoms with Crippen molar-refractivity contribution in [2.24, 2.45) is 5.92 Å². The van der Waals surface area contributed by atoms with Crippen molar-refractivity contribution < 1.29 is 14.6 Å². The molecule has 0 fully saturated rings. The highest BCUT2D eigenvalue weighted by atomic mass is 16.5. The van der Waals surface area contributed by atoms with Gasteiger partial charge in [0.2, 0.25) is 0 Å². The molecule has 0 spiro atoms. The number of nitrogens with zero attached hydrogens (tertiary/aromatic N) is 1. The normalized spacial score (nSPS) is 11.5. The highest BCUT2D eigenvalue weighted by molar-refractivity contribution is 5.69. The van der Waals surface area contributed by atoms with Crippen LogP contribution in [0.1, 0.15) is 130 Å². The van der Waals surface area contributed by atoms with Crippen molar-refractivity contribution in [1.82, 2.24) is 4.90 Å². The van der Waals surface area contributed by atoms with Crippen LogP contribution < -0.4 is 0 Å². The monoisotopic (exact) mass is 441 g/mol. The zero-order valence-corrected chi connectivity index (χ0v) is 21.3. The van der Waals surface area contributed by atoms with E-state index in [1.807, 2.05) is 0 Å². The van der Waals surface area contributed by atoms with Crippen LogP contribution in [0.5, 0.6) is 0 Å². The summed E-state index contributed by atoms with van der Waals surface area (Å²) in [7, 11) is 0. The van der Waals surface area contributed by atoms with Crippen LogP contribution in [0, 0.1) is 5.92 Å². The molecule has 0 aromatic carbocycles. The molecule has 0 aliphatic heterocycles. The van der Waals surface area contributed by atoms with E-state index in [0.717, 1.165) is 38.9 Å².